The average molecular weight is 452 g/mol. The van der Waals surface area contributed by atoms with Crippen molar-refractivity contribution in [3.8, 4) is 0 Å². The summed E-state index contributed by atoms with van der Waals surface area (Å²) < 4.78 is 12.3. The van der Waals surface area contributed by atoms with Gasteiger partial charge >= 0.3 is 5.97 Å². The number of hydrogen-bond donors (Lipinski definition) is 0. The van der Waals surface area contributed by atoms with Gasteiger partial charge in [-0.2, -0.15) is 0 Å². The molecule has 3 heterocycles. The van der Waals surface area contributed by atoms with Crippen LogP contribution in [0.2, 0.25) is 0 Å². The molecular weight excluding hydrogens is 422 g/mol. The summed E-state index contributed by atoms with van der Waals surface area (Å²) in [6.45, 7) is 9.84. The van der Waals surface area contributed by atoms with Gasteiger partial charge in [0.25, 0.3) is 5.91 Å². The van der Waals surface area contributed by atoms with E-state index < -0.39 is 17.9 Å². The summed E-state index contributed by atoms with van der Waals surface area (Å²) in [7, 11) is 0. The first-order valence-corrected chi connectivity index (χ1v) is 11.0. The normalized spacial score (nSPS) is 11.8. The fourth-order valence-corrected chi connectivity index (χ4v) is 4.08. The quantitative estimate of drug-likeness (QED) is 0.357. The number of carbonyl (C=O) groups is 3. The van der Waals surface area contributed by atoms with Gasteiger partial charge in [-0.3, -0.25) is 14.6 Å². The van der Waals surface area contributed by atoms with Crippen LogP contribution >= 0.6 is 0 Å². The SMILES string of the molecule is CCOC(=O)c1c(C)c(C(=O)C(C)N(Cc2ccncc2)C(=O)c2ccco2)c(C)n1CC. The zero-order valence-electron chi connectivity index (χ0n) is 19.6. The Hall–Kier alpha value is -3.68. The zero-order valence-corrected chi connectivity index (χ0v) is 19.6. The minimum absolute atomic E-state index is 0.149. The minimum atomic E-state index is -0.809. The largest absolute Gasteiger partial charge is 0.461 e. The van der Waals surface area contributed by atoms with Crippen molar-refractivity contribution >= 4 is 17.7 Å². The van der Waals surface area contributed by atoms with Gasteiger partial charge in [0, 0.05) is 36.7 Å². The lowest BCUT2D eigenvalue weighted by Crippen LogP contribution is -2.43. The number of ether oxygens (including phenoxy) is 1. The van der Waals surface area contributed by atoms with Crippen LogP contribution in [0, 0.1) is 13.8 Å². The molecule has 3 aromatic heterocycles. The van der Waals surface area contributed by atoms with E-state index in [2.05, 4.69) is 4.98 Å². The summed E-state index contributed by atoms with van der Waals surface area (Å²) in [4.78, 5) is 45.1. The maximum atomic E-state index is 13.8. The zero-order chi connectivity index (χ0) is 24.1. The number of furan rings is 1. The molecule has 0 aliphatic heterocycles. The number of Topliss-reactive ketones (excluding diaryl/α,β-unsaturated/α-hetero) is 1. The van der Waals surface area contributed by atoms with Crippen molar-refractivity contribution in [1.29, 1.82) is 0 Å². The first-order valence-electron chi connectivity index (χ1n) is 11.0. The van der Waals surface area contributed by atoms with Gasteiger partial charge in [-0.25, -0.2) is 4.79 Å². The number of carbonyl (C=O) groups excluding carboxylic acids is 3. The van der Waals surface area contributed by atoms with E-state index in [9.17, 15) is 14.4 Å². The van der Waals surface area contributed by atoms with Gasteiger partial charge in [-0.1, -0.05) is 0 Å². The Bertz CT molecular complexity index is 1130. The Morgan fingerprint density at radius 1 is 1.15 bits per heavy atom. The Morgan fingerprint density at radius 2 is 1.85 bits per heavy atom. The predicted octanol–water partition coefficient (Wildman–Crippen LogP) is 4.20. The van der Waals surface area contributed by atoms with Crippen molar-refractivity contribution in [2.24, 2.45) is 0 Å². The molecule has 0 saturated heterocycles. The lowest BCUT2D eigenvalue weighted by Gasteiger charge is -2.28. The minimum Gasteiger partial charge on any atom is -0.461 e. The van der Waals surface area contributed by atoms with E-state index >= 15 is 0 Å². The third-order valence-corrected chi connectivity index (χ3v) is 5.74. The number of nitrogens with zero attached hydrogens (tertiary/aromatic N) is 3. The fourth-order valence-electron chi connectivity index (χ4n) is 4.08. The third kappa shape index (κ3) is 4.74. The Morgan fingerprint density at radius 3 is 2.42 bits per heavy atom. The molecule has 0 N–H and O–H groups in total. The molecule has 0 aliphatic carbocycles. The van der Waals surface area contributed by atoms with Crippen molar-refractivity contribution in [2.45, 2.75) is 53.8 Å². The maximum absolute atomic E-state index is 13.8. The van der Waals surface area contributed by atoms with Crippen LogP contribution in [0.5, 0.6) is 0 Å². The maximum Gasteiger partial charge on any atom is 0.355 e. The smallest absolute Gasteiger partial charge is 0.355 e. The molecule has 8 heteroatoms. The summed E-state index contributed by atoms with van der Waals surface area (Å²) in [5.41, 5.74) is 2.85. The van der Waals surface area contributed by atoms with Gasteiger partial charge in [-0.15, -0.1) is 0 Å². The summed E-state index contributed by atoms with van der Waals surface area (Å²) in [6.07, 6.45) is 4.70. The van der Waals surface area contributed by atoms with Crippen molar-refractivity contribution < 1.29 is 23.5 Å². The molecular formula is C25H29N3O5. The molecule has 1 atom stereocenters. The van der Waals surface area contributed by atoms with Crippen LogP contribution in [0.1, 0.15) is 69.0 Å². The van der Waals surface area contributed by atoms with Crippen LogP contribution in [-0.2, 0) is 17.8 Å². The van der Waals surface area contributed by atoms with Crippen molar-refractivity contribution in [1.82, 2.24) is 14.5 Å². The first-order chi connectivity index (χ1) is 15.8. The number of amides is 1. The van der Waals surface area contributed by atoms with Gasteiger partial charge in [0.1, 0.15) is 5.69 Å². The highest BCUT2D eigenvalue weighted by Gasteiger charge is 2.34. The van der Waals surface area contributed by atoms with Crippen LogP contribution in [0.25, 0.3) is 0 Å². The van der Waals surface area contributed by atoms with E-state index in [-0.39, 0.29) is 24.7 Å². The van der Waals surface area contributed by atoms with Crippen molar-refractivity contribution in [3.63, 3.8) is 0 Å². The van der Waals surface area contributed by atoms with E-state index in [1.165, 1.54) is 11.2 Å². The molecule has 0 fully saturated rings. The van der Waals surface area contributed by atoms with E-state index in [1.54, 1.807) is 68.9 Å². The van der Waals surface area contributed by atoms with Gasteiger partial charge in [-0.05, 0) is 70.0 Å². The lowest BCUT2D eigenvalue weighted by atomic mass is 9.99. The first kappa shape index (κ1) is 24.0. The van der Waals surface area contributed by atoms with Crippen LogP contribution in [0.3, 0.4) is 0 Å². The number of pyridine rings is 1. The fraction of sp³-hybridized carbons (Fsp3) is 0.360. The van der Waals surface area contributed by atoms with Crippen LogP contribution < -0.4 is 0 Å². The molecule has 33 heavy (non-hydrogen) atoms. The average Bonchev–Trinajstić information content (AvgIpc) is 3.43. The van der Waals surface area contributed by atoms with E-state index in [1.807, 2.05) is 6.92 Å². The number of ketones is 1. The highest BCUT2D eigenvalue weighted by molar-refractivity contribution is 6.07. The van der Waals surface area contributed by atoms with E-state index in [0.29, 0.717) is 29.1 Å². The molecule has 0 spiro atoms. The van der Waals surface area contributed by atoms with Gasteiger partial charge in [0.15, 0.2) is 11.5 Å². The number of esters is 1. The Kier molecular flexibility index (Phi) is 7.48. The standard InChI is InChI=1S/C25H29N3O5/c1-6-27-17(4)21(16(3)22(27)25(31)32-7-2)23(29)18(5)28(15-19-10-12-26-13-11-19)24(30)20-9-8-14-33-20/h8-14,18H,6-7,15H2,1-5H3. The second-order valence-corrected chi connectivity index (χ2v) is 7.70. The molecule has 1 unspecified atom stereocenters. The van der Waals surface area contributed by atoms with Gasteiger partial charge < -0.3 is 18.6 Å². The number of hydrogen-bond acceptors (Lipinski definition) is 6. The highest BCUT2D eigenvalue weighted by Crippen LogP contribution is 2.27. The summed E-state index contributed by atoms with van der Waals surface area (Å²) in [5, 5.41) is 0. The molecule has 0 aromatic carbocycles. The topological polar surface area (TPSA) is 94.6 Å². The van der Waals surface area contributed by atoms with Gasteiger partial charge in [0.05, 0.1) is 18.9 Å². The second kappa shape index (κ2) is 10.3. The van der Waals surface area contributed by atoms with Gasteiger partial charge in [0.2, 0.25) is 0 Å². The van der Waals surface area contributed by atoms with Crippen LogP contribution in [0.15, 0.2) is 47.3 Å². The summed E-state index contributed by atoms with van der Waals surface area (Å²) >= 11 is 0. The monoisotopic (exact) mass is 451 g/mol. The molecule has 8 nitrogen and oxygen atoms in total. The molecule has 3 rings (SSSR count). The number of aromatic nitrogens is 2. The molecule has 0 aliphatic rings. The van der Waals surface area contributed by atoms with Crippen molar-refractivity contribution in [2.75, 3.05) is 6.61 Å². The Labute approximate surface area is 193 Å². The summed E-state index contributed by atoms with van der Waals surface area (Å²) in [6, 6.07) is 5.98. The van der Waals surface area contributed by atoms with Crippen molar-refractivity contribution in [3.05, 3.63) is 76.8 Å². The molecule has 3 aromatic rings. The highest BCUT2D eigenvalue weighted by atomic mass is 16.5. The molecule has 0 bridgehead atoms. The summed E-state index contributed by atoms with van der Waals surface area (Å²) in [5.74, 6) is -0.965. The molecule has 0 radical (unpaired) electrons. The predicted molar refractivity (Wildman–Crippen MR) is 122 cm³/mol. The number of rotatable bonds is 9. The van der Waals surface area contributed by atoms with Crippen LogP contribution in [0.4, 0.5) is 0 Å². The van der Waals surface area contributed by atoms with E-state index in [0.717, 1.165) is 5.56 Å². The second-order valence-electron chi connectivity index (χ2n) is 7.70. The molecule has 1 amide bonds. The lowest BCUT2D eigenvalue weighted by molar-refractivity contribution is 0.0512. The molecule has 0 saturated carbocycles. The molecule has 174 valence electrons. The third-order valence-electron chi connectivity index (χ3n) is 5.74. The van der Waals surface area contributed by atoms with Crippen LogP contribution in [-0.4, -0.2) is 44.8 Å². The van der Waals surface area contributed by atoms with E-state index in [4.69, 9.17) is 9.15 Å². The Balaban J connectivity index is 2.03.